The highest BCUT2D eigenvalue weighted by molar-refractivity contribution is 9.10. The summed E-state index contributed by atoms with van der Waals surface area (Å²) in [6.45, 7) is 0.783. The topological polar surface area (TPSA) is 41.1 Å². The van der Waals surface area contributed by atoms with Gasteiger partial charge in [0.2, 0.25) is 5.91 Å². The van der Waals surface area contributed by atoms with Gasteiger partial charge in [0, 0.05) is 10.5 Å². The number of hydrogen-bond donors (Lipinski definition) is 2. The Morgan fingerprint density at radius 3 is 2.78 bits per heavy atom. The van der Waals surface area contributed by atoms with Gasteiger partial charge in [0.05, 0.1) is 11.7 Å². The van der Waals surface area contributed by atoms with Crippen LogP contribution in [0.4, 0.5) is 14.5 Å². The van der Waals surface area contributed by atoms with E-state index in [9.17, 15) is 13.6 Å². The monoisotopic (exact) mass is 318 g/mol. The minimum absolute atomic E-state index is 0.0197. The van der Waals surface area contributed by atoms with Crippen LogP contribution in [0.5, 0.6) is 0 Å². The van der Waals surface area contributed by atoms with Crippen LogP contribution in [0.3, 0.4) is 0 Å². The summed E-state index contributed by atoms with van der Waals surface area (Å²) in [5.41, 5.74) is -0.0197. The highest BCUT2D eigenvalue weighted by Crippen LogP contribution is 2.27. The lowest BCUT2D eigenvalue weighted by atomic mass is 10.0. The van der Waals surface area contributed by atoms with Gasteiger partial charge in [-0.25, -0.2) is 8.78 Å². The Labute approximate surface area is 112 Å². The Kier molecular flexibility index (Phi) is 4.29. The number of amides is 1. The van der Waals surface area contributed by atoms with Crippen molar-refractivity contribution in [2.45, 2.75) is 25.3 Å². The number of nitrogens with one attached hydrogen (secondary N) is 2. The lowest BCUT2D eigenvalue weighted by molar-refractivity contribution is -0.118. The van der Waals surface area contributed by atoms with Gasteiger partial charge in [0.25, 0.3) is 0 Å². The first kappa shape index (κ1) is 13.4. The fourth-order valence-corrected chi connectivity index (χ4v) is 2.45. The molecule has 0 aromatic heterocycles. The van der Waals surface area contributed by atoms with Crippen LogP contribution in [0, 0.1) is 11.6 Å². The Morgan fingerprint density at radius 1 is 1.39 bits per heavy atom. The average molecular weight is 319 g/mol. The highest BCUT2D eigenvalue weighted by Gasteiger charge is 2.22. The summed E-state index contributed by atoms with van der Waals surface area (Å²) >= 11 is 3.04. The first-order valence-electron chi connectivity index (χ1n) is 5.76. The molecule has 0 spiro atoms. The van der Waals surface area contributed by atoms with Gasteiger partial charge in [0.15, 0.2) is 5.82 Å². The number of anilines is 1. The molecule has 0 radical (unpaired) electrons. The molecule has 1 aromatic rings. The van der Waals surface area contributed by atoms with E-state index in [1.807, 2.05) is 0 Å². The van der Waals surface area contributed by atoms with Gasteiger partial charge in [0.1, 0.15) is 5.82 Å². The minimum Gasteiger partial charge on any atom is -0.321 e. The van der Waals surface area contributed by atoms with Crippen LogP contribution in [-0.2, 0) is 4.79 Å². The van der Waals surface area contributed by atoms with E-state index < -0.39 is 11.6 Å². The largest absolute Gasteiger partial charge is 0.321 e. The van der Waals surface area contributed by atoms with E-state index >= 15 is 0 Å². The van der Waals surface area contributed by atoms with Gasteiger partial charge in [-0.15, -0.1) is 0 Å². The number of carbonyl (C=O) groups excluding carboxylic acids is 1. The molecule has 2 N–H and O–H groups in total. The summed E-state index contributed by atoms with van der Waals surface area (Å²) in [4.78, 5) is 11.9. The summed E-state index contributed by atoms with van der Waals surface area (Å²) in [5.74, 6) is -1.76. The first-order chi connectivity index (χ1) is 8.58. The van der Waals surface area contributed by atoms with E-state index in [0.29, 0.717) is 0 Å². The predicted octanol–water partition coefficient (Wildman–Crippen LogP) is 2.81. The molecule has 0 bridgehead atoms. The molecule has 1 atom stereocenters. The maximum absolute atomic E-state index is 13.5. The van der Waals surface area contributed by atoms with Gasteiger partial charge in [-0.05, 0) is 41.4 Å². The molecule has 1 aromatic carbocycles. The van der Waals surface area contributed by atoms with Gasteiger partial charge < -0.3 is 10.6 Å². The molecule has 0 unspecified atom stereocenters. The lowest BCUT2D eigenvalue weighted by Gasteiger charge is -2.22. The summed E-state index contributed by atoms with van der Waals surface area (Å²) in [5, 5.41) is 5.55. The van der Waals surface area contributed by atoms with E-state index in [1.54, 1.807) is 0 Å². The molecular weight excluding hydrogens is 306 g/mol. The zero-order chi connectivity index (χ0) is 13.1. The molecule has 0 aliphatic carbocycles. The lowest BCUT2D eigenvalue weighted by Crippen LogP contribution is -2.43. The Hall–Kier alpha value is -1.01. The molecule has 2 rings (SSSR count). The van der Waals surface area contributed by atoms with E-state index in [2.05, 4.69) is 26.6 Å². The van der Waals surface area contributed by atoms with Gasteiger partial charge in [-0.3, -0.25) is 4.79 Å². The van der Waals surface area contributed by atoms with E-state index in [1.165, 1.54) is 0 Å². The van der Waals surface area contributed by atoms with E-state index in [0.717, 1.165) is 37.9 Å². The molecule has 3 nitrogen and oxygen atoms in total. The standard InChI is InChI=1S/C12H13BrF2N2O/c13-8-5-7(14)6-9(15)11(8)17-12(18)10-3-1-2-4-16-10/h5-6,10,16H,1-4H2,(H,17,18)/t10-/m0/s1. The summed E-state index contributed by atoms with van der Waals surface area (Å²) in [6.07, 6.45) is 2.74. The molecule has 1 saturated heterocycles. The van der Waals surface area contributed by atoms with Crippen molar-refractivity contribution >= 4 is 27.5 Å². The molecule has 1 aliphatic rings. The molecule has 98 valence electrons. The number of benzene rings is 1. The Bertz CT molecular complexity index is 438. The van der Waals surface area contributed by atoms with Crippen molar-refractivity contribution in [2.75, 3.05) is 11.9 Å². The molecule has 1 fully saturated rings. The van der Waals surface area contributed by atoms with Crippen molar-refractivity contribution < 1.29 is 13.6 Å². The second-order valence-corrected chi connectivity index (χ2v) is 5.09. The fourth-order valence-electron chi connectivity index (χ4n) is 1.95. The van der Waals surface area contributed by atoms with Crippen LogP contribution in [0.15, 0.2) is 16.6 Å². The normalized spacial score (nSPS) is 19.6. The highest BCUT2D eigenvalue weighted by atomic mass is 79.9. The van der Waals surface area contributed by atoms with Crippen molar-refractivity contribution in [3.05, 3.63) is 28.2 Å². The quantitative estimate of drug-likeness (QED) is 0.880. The molecule has 18 heavy (non-hydrogen) atoms. The van der Waals surface area contributed by atoms with Crippen LogP contribution < -0.4 is 10.6 Å². The zero-order valence-electron chi connectivity index (χ0n) is 9.60. The molecule has 1 aliphatic heterocycles. The van der Waals surface area contributed by atoms with E-state index in [4.69, 9.17) is 0 Å². The third-order valence-corrected chi connectivity index (χ3v) is 3.51. The molecule has 6 heteroatoms. The van der Waals surface area contributed by atoms with E-state index in [-0.39, 0.29) is 22.1 Å². The van der Waals surface area contributed by atoms with Crippen LogP contribution >= 0.6 is 15.9 Å². The maximum atomic E-state index is 13.5. The van der Waals surface area contributed by atoms with Crippen LogP contribution in [0.25, 0.3) is 0 Å². The fraction of sp³-hybridized carbons (Fsp3) is 0.417. The van der Waals surface area contributed by atoms with Crippen molar-refractivity contribution in [3.8, 4) is 0 Å². The van der Waals surface area contributed by atoms with Gasteiger partial charge in [-0.2, -0.15) is 0 Å². The van der Waals surface area contributed by atoms with Crippen LogP contribution in [0.1, 0.15) is 19.3 Å². The van der Waals surface area contributed by atoms with Crippen molar-refractivity contribution in [1.82, 2.24) is 5.32 Å². The van der Waals surface area contributed by atoms with Crippen molar-refractivity contribution in [3.63, 3.8) is 0 Å². The number of hydrogen-bond acceptors (Lipinski definition) is 2. The average Bonchev–Trinajstić information content (AvgIpc) is 2.34. The van der Waals surface area contributed by atoms with Crippen molar-refractivity contribution in [2.24, 2.45) is 0 Å². The first-order valence-corrected chi connectivity index (χ1v) is 6.56. The second-order valence-electron chi connectivity index (χ2n) is 4.24. The molecule has 1 heterocycles. The third kappa shape index (κ3) is 3.05. The number of carbonyl (C=O) groups is 1. The summed E-state index contributed by atoms with van der Waals surface area (Å²) in [7, 11) is 0. The van der Waals surface area contributed by atoms with Crippen LogP contribution in [0.2, 0.25) is 0 Å². The SMILES string of the molecule is O=C(Nc1c(F)cc(F)cc1Br)[C@@H]1CCCCN1. The molecular formula is C12H13BrF2N2O. The molecule has 0 saturated carbocycles. The summed E-state index contributed by atoms with van der Waals surface area (Å²) in [6, 6.07) is 1.55. The van der Waals surface area contributed by atoms with Crippen LogP contribution in [-0.4, -0.2) is 18.5 Å². The zero-order valence-corrected chi connectivity index (χ0v) is 11.2. The third-order valence-electron chi connectivity index (χ3n) is 2.88. The number of piperidine rings is 1. The second kappa shape index (κ2) is 5.75. The van der Waals surface area contributed by atoms with Crippen molar-refractivity contribution in [1.29, 1.82) is 0 Å². The summed E-state index contributed by atoms with van der Waals surface area (Å²) < 4.78 is 26.6. The predicted molar refractivity (Wildman–Crippen MR) is 68.3 cm³/mol. The Morgan fingerprint density at radius 2 is 2.17 bits per heavy atom. The maximum Gasteiger partial charge on any atom is 0.241 e. The van der Waals surface area contributed by atoms with Gasteiger partial charge in [-0.1, -0.05) is 6.42 Å². The number of halogens is 3. The minimum atomic E-state index is -0.786. The smallest absolute Gasteiger partial charge is 0.241 e. The number of rotatable bonds is 2. The Balaban J connectivity index is 2.11. The van der Waals surface area contributed by atoms with Gasteiger partial charge >= 0.3 is 0 Å². The molecule has 1 amide bonds.